The van der Waals surface area contributed by atoms with Gasteiger partial charge in [-0.15, -0.1) is 0 Å². The number of aromatic nitrogens is 1. The summed E-state index contributed by atoms with van der Waals surface area (Å²) in [5.74, 6) is -4.20. The number of benzene rings is 1. The number of halogens is 4. The molecule has 17 heavy (non-hydrogen) atoms. The van der Waals surface area contributed by atoms with E-state index in [9.17, 15) is 13.2 Å². The summed E-state index contributed by atoms with van der Waals surface area (Å²) in [4.78, 5) is 3.05. The molecule has 0 amide bonds. The van der Waals surface area contributed by atoms with Crippen molar-refractivity contribution in [1.29, 1.82) is 0 Å². The Morgan fingerprint density at radius 1 is 1.06 bits per heavy atom. The molecule has 1 aromatic carbocycles. The Morgan fingerprint density at radius 3 is 2.47 bits per heavy atom. The molecule has 0 radical (unpaired) electrons. The Bertz CT molecular complexity index is 562. The number of pyridine rings is 1. The molecule has 2 aromatic rings. The fourth-order valence-corrected chi connectivity index (χ4v) is 1.50. The summed E-state index contributed by atoms with van der Waals surface area (Å²) in [6, 6.07) is 6.96. The molecule has 0 saturated heterocycles. The SMILES string of the molecule is Fc1cc(F)c(Oc2ccccc2Br)nc1F. The van der Waals surface area contributed by atoms with E-state index < -0.39 is 23.5 Å². The summed E-state index contributed by atoms with van der Waals surface area (Å²) in [6.07, 6.45) is 0. The third kappa shape index (κ3) is 2.58. The van der Waals surface area contributed by atoms with Crippen molar-refractivity contribution in [2.45, 2.75) is 0 Å². The molecular formula is C11H5BrF3NO. The first-order valence-electron chi connectivity index (χ1n) is 4.52. The maximum atomic E-state index is 13.2. The van der Waals surface area contributed by atoms with Crippen molar-refractivity contribution in [3.63, 3.8) is 0 Å². The molecular weight excluding hydrogens is 299 g/mol. The van der Waals surface area contributed by atoms with E-state index in [1.54, 1.807) is 18.2 Å². The summed E-state index contributed by atoms with van der Waals surface area (Å²) in [6.45, 7) is 0. The maximum absolute atomic E-state index is 13.2. The molecule has 0 fully saturated rings. The molecule has 0 aliphatic carbocycles. The molecule has 2 nitrogen and oxygen atoms in total. The van der Waals surface area contributed by atoms with Crippen LogP contribution in [0.4, 0.5) is 13.2 Å². The monoisotopic (exact) mass is 303 g/mol. The van der Waals surface area contributed by atoms with Crippen molar-refractivity contribution < 1.29 is 17.9 Å². The van der Waals surface area contributed by atoms with Crippen LogP contribution in [0, 0.1) is 17.6 Å². The summed E-state index contributed by atoms with van der Waals surface area (Å²) < 4.78 is 44.3. The number of hydrogen-bond donors (Lipinski definition) is 0. The van der Waals surface area contributed by atoms with Crippen molar-refractivity contribution in [3.05, 3.63) is 52.4 Å². The van der Waals surface area contributed by atoms with Gasteiger partial charge in [-0.3, -0.25) is 0 Å². The quantitative estimate of drug-likeness (QED) is 0.781. The number of nitrogens with zero attached hydrogens (tertiary/aromatic N) is 1. The molecule has 0 atom stereocenters. The number of ether oxygens (including phenoxy) is 1. The third-order valence-corrected chi connectivity index (χ3v) is 2.55. The van der Waals surface area contributed by atoms with Gasteiger partial charge in [0, 0.05) is 6.07 Å². The molecule has 6 heteroatoms. The highest BCUT2D eigenvalue weighted by Crippen LogP contribution is 2.29. The van der Waals surface area contributed by atoms with Gasteiger partial charge in [0.25, 0.3) is 11.8 Å². The van der Waals surface area contributed by atoms with Crippen LogP contribution in [0.1, 0.15) is 0 Å². The molecule has 0 bridgehead atoms. The van der Waals surface area contributed by atoms with E-state index in [0.29, 0.717) is 10.5 Å². The zero-order chi connectivity index (χ0) is 12.4. The van der Waals surface area contributed by atoms with Gasteiger partial charge in [-0.25, -0.2) is 8.78 Å². The molecule has 88 valence electrons. The fraction of sp³-hybridized carbons (Fsp3) is 0. The second-order valence-electron chi connectivity index (χ2n) is 3.08. The first-order chi connectivity index (χ1) is 8.08. The zero-order valence-electron chi connectivity index (χ0n) is 8.25. The van der Waals surface area contributed by atoms with Gasteiger partial charge in [-0.05, 0) is 28.1 Å². The second-order valence-corrected chi connectivity index (χ2v) is 3.93. The Hall–Kier alpha value is -1.56. The molecule has 1 aromatic heterocycles. The molecule has 0 aliphatic heterocycles. The van der Waals surface area contributed by atoms with Crippen molar-refractivity contribution in [2.75, 3.05) is 0 Å². The van der Waals surface area contributed by atoms with Crippen LogP contribution in [-0.2, 0) is 0 Å². The molecule has 0 N–H and O–H groups in total. The summed E-state index contributed by atoms with van der Waals surface area (Å²) in [5, 5.41) is 0. The average molecular weight is 304 g/mol. The van der Waals surface area contributed by atoms with Crippen molar-refractivity contribution in [1.82, 2.24) is 4.98 Å². The molecule has 0 spiro atoms. The predicted molar refractivity (Wildman–Crippen MR) is 58.3 cm³/mol. The second kappa shape index (κ2) is 4.75. The summed E-state index contributed by atoms with van der Waals surface area (Å²) in [7, 11) is 0. The van der Waals surface area contributed by atoms with Crippen LogP contribution < -0.4 is 4.74 Å². The van der Waals surface area contributed by atoms with E-state index >= 15 is 0 Å². The van der Waals surface area contributed by atoms with E-state index in [0.717, 1.165) is 0 Å². The van der Waals surface area contributed by atoms with Gasteiger partial charge in [-0.2, -0.15) is 9.37 Å². The van der Waals surface area contributed by atoms with E-state index in [4.69, 9.17) is 4.74 Å². The first-order valence-corrected chi connectivity index (χ1v) is 5.31. The topological polar surface area (TPSA) is 22.1 Å². The number of para-hydroxylation sites is 1. The smallest absolute Gasteiger partial charge is 0.258 e. The van der Waals surface area contributed by atoms with Gasteiger partial charge in [-0.1, -0.05) is 12.1 Å². The lowest BCUT2D eigenvalue weighted by molar-refractivity contribution is 0.386. The van der Waals surface area contributed by atoms with Crippen LogP contribution in [0.2, 0.25) is 0 Å². The fourth-order valence-electron chi connectivity index (χ4n) is 1.13. The molecule has 0 unspecified atom stereocenters. The summed E-state index contributed by atoms with van der Waals surface area (Å²) in [5.41, 5.74) is 0. The van der Waals surface area contributed by atoms with Crippen LogP contribution in [0.5, 0.6) is 11.6 Å². The highest BCUT2D eigenvalue weighted by atomic mass is 79.9. The third-order valence-electron chi connectivity index (χ3n) is 1.90. The van der Waals surface area contributed by atoms with E-state index in [1.165, 1.54) is 6.07 Å². The molecule has 2 rings (SSSR count). The van der Waals surface area contributed by atoms with Crippen molar-refractivity contribution in [2.24, 2.45) is 0 Å². The molecule has 0 saturated carbocycles. The normalized spacial score (nSPS) is 10.4. The minimum absolute atomic E-state index is 0.255. The predicted octanol–water partition coefficient (Wildman–Crippen LogP) is 4.05. The van der Waals surface area contributed by atoms with Crippen molar-refractivity contribution in [3.8, 4) is 11.6 Å². The van der Waals surface area contributed by atoms with Gasteiger partial charge in [0.05, 0.1) is 4.47 Å². The maximum Gasteiger partial charge on any atom is 0.258 e. The summed E-state index contributed by atoms with van der Waals surface area (Å²) >= 11 is 3.17. The Morgan fingerprint density at radius 2 is 1.76 bits per heavy atom. The minimum Gasteiger partial charge on any atom is -0.435 e. The molecule has 0 aliphatic rings. The van der Waals surface area contributed by atoms with Gasteiger partial charge < -0.3 is 4.74 Å². The minimum atomic E-state index is -1.41. The lowest BCUT2D eigenvalue weighted by Gasteiger charge is -2.07. The lowest BCUT2D eigenvalue weighted by atomic mass is 10.3. The first kappa shape index (κ1) is 11.9. The van der Waals surface area contributed by atoms with Gasteiger partial charge in [0.1, 0.15) is 5.75 Å². The van der Waals surface area contributed by atoms with Crippen LogP contribution in [0.15, 0.2) is 34.8 Å². The Kier molecular flexibility index (Phi) is 3.33. The van der Waals surface area contributed by atoms with E-state index in [-0.39, 0.29) is 5.75 Å². The number of hydrogen-bond acceptors (Lipinski definition) is 2. The lowest BCUT2D eigenvalue weighted by Crippen LogP contribution is -1.98. The zero-order valence-corrected chi connectivity index (χ0v) is 9.84. The molecule has 1 heterocycles. The highest BCUT2D eigenvalue weighted by molar-refractivity contribution is 9.10. The van der Waals surface area contributed by atoms with Crippen LogP contribution in [0.25, 0.3) is 0 Å². The Balaban J connectivity index is 2.37. The van der Waals surface area contributed by atoms with Crippen LogP contribution >= 0.6 is 15.9 Å². The van der Waals surface area contributed by atoms with Gasteiger partial charge in [0.2, 0.25) is 0 Å². The van der Waals surface area contributed by atoms with Gasteiger partial charge >= 0.3 is 0 Å². The van der Waals surface area contributed by atoms with Gasteiger partial charge in [0.15, 0.2) is 11.6 Å². The van der Waals surface area contributed by atoms with Crippen molar-refractivity contribution >= 4 is 15.9 Å². The average Bonchev–Trinajstić information content (AvgIpc) is 2.29. The van der Waals surface area contributed by atoms with Crippen LogP contribution in [0.3, 0.4) is 0 Å². The van der Waals surface area contributed by atoms with Crippen LogP contribution in [-0.4, -0.2) is 4.98 Å². The van der Waals surface area contributed by atoms with E-state index in [2.05, 4.69) is 20.9 Å². The largest absolute Gasteiger partial charge is 0.435 e. The van der Waals surface area contributed by atoms with E-state index in [1.807, 2.05) is 0 Å². The Labute approximate surface area is 103 Å². The standard InChI is InChI=1S/C11H5BrF3NO/c12-6-3-1-2-4-9(6)17-11-8(14)5-7(13)10(15)16-11/h1-5H. The highest BCUT2D eigenvalue weighted by Gasteiger charge is 2.14. The number of rotatable bonds is 2.